The minimum Gasteiger partial charge on any atom is -0.379 e. The van der Waals surface area contributed by atoms with Gasteiger partial charge in [-0.3, -0.25) is 0 Å². The van der Waals surface area contributed by atoms with Crippen molar-refractivity contribution in [3.05, 3.63) is 17.0 Å². The van der Waals surface area contributed by atoms with Crippen LogP contribution in [0.2, 0.25) is 0 Å². The Balaban J connectivity index is 1.67. The first-order chi connectivity index (χ1) is 11.4. The van der Waals surface area contributed by atoms with E-state index >= 15 is 0 Å². The van der Waals surface area contributed by atoms with Gasteiger partial charge < -0.3 is 9.64 Å². The zero-order chi connectivity index (χ0) is 17.3. The number of rotatable bonds is 3. The molecular weight excluding hydrogens is 330 g/mol. The molecule has 0 amide bonds. The molecule has 24 heavy (non-hydrogen) atoms. The van der Waals surface area contributed by atoms with Crippen molar-refractivity contribution in [2.24, 2.45) is 0 Å². The highest BCUT2D eigenvalue weighted by Gasteiger charge is 2.33. The number of morpholine rings is 1. The number of aromatic nitrogens is 2. The minimum absolute atomic E-state index is 0.433. The summed E-state index contributed by atoms with van der Waals surface area (Å²) in [6.45, 7) is 9.88. The molecule has 0 aliphatic carbocycles. The molecule has 2 fully saturated rings. The van der Waals surface area contributed by atoms with E-state index in [9.17, 15) is 8.42 Å². The Morgan fingerprint density at radius 1 is 0.833 bits per heavy atom. The van der Waals surface area contributed by atoms with Crippen LogP contribution < -0.4 is 4.90 Å². The van der Waals surface area contributed by atoms with Crippen molar-refractivity contribution in [2.75, 3.05) is 57.4 Å². The van der Waals surface area contributed by atoms with Crippen LogP contribution >= 0.6 is 0 Å². The van der Waals surface area contributed by atoms with Gasteiger partial charge in [0.2, 0.25) is 5.95 Å². The summed E-state index contributed by atoms with van der Waals surface area (Å²) < 4.78 is 33.7. The van der Waals surface area contributed by atoms with E-state index in [-0.39, 0.29) is 0 Å². The number of hydrogen-bond donors (Lipinski definition) is 0. The first-order valence-electron chi connectivity index (χ1n) is 8.29. The molecule has 0 N–H and O–H groups in total. The Kier molecular flexibility index (Phi) is 5.05. The molecule has 1 aromatic heterocycles. The number of ether oxygens (including phenoxy) is 1. The third-order valence-electron chi connectivity index (χ3n) is 4.76. The average Bonchev–Trinajstić information content (AvgIpc) is 2.60. The van der Waals surface area contributed by atoms with E-state index in [1.165, 1.54) is 4.31 Å². The largest absolute Gasteiger partial charge is 0.379 e. The van der Waals surface area contributed by atoms with Crippen molar-refractivity contribution in [3.63, 3.8) is 0 Å². The van der Waals surface area contributed by atoms with Gasteiger partial charge in [0.05, 0.1) is 13.2 Å². The topological polar surface area (TPSA) is 78.9 Å². The SMILES string of the molecule is Cc1nc(N2CCN(S(=O)(=O)N3CCOCC3)CC2)nc(C)c1C. The summed E-state index contributed by atoms with van der Waals surface area (Å²) in [6.07, 6.45) is 0. The molecule has 0 radical (unpaired) electrons. The van der Waals surface area contributed by atoms with E-state index in [4.69, 9.17) is 4.74 Å². The summed E-state index contributed by atoms with van der Waals surface area (Å²) >= 11 is 0. The highest BCUT2D eigenvalue weighted by molar-refractivity contribution is 7.86. The molecule has 3 rings (SSSR count). The number of piperazine rings is 1. The second kappa shape index (κ2) is 6.91. The van der Waals surface area contributed by atoms with Gasteiger partial charge in [0.25, 0.3) is 10.2 Å². The first kappa shape index (κ1) is 17.5. The maximum Gasteiger partial charge on any atom is 0.282 e. The fraction of sp³-hybridized carbons (Fsp3) is 0.733. The summed E-state index contributed by atoms with van der Waals surface area (Å²) in [5.41, 5.74) is 3.05. The van der Waals surface area contributed by atoms with Gasteiger partial charge in [0.15, 0.2) is 0 Å². The second-order valence-corrected chi connectivity index (χ2v) is 8.15. The fourth-order valence-corrected chi connectivity index (χ4v) is 4.52. The zero-order valence-corrected chi connectivity index (χ0v) is 15.3. The van der Waals surface area contributed by atoms with Crippen molar-refractivity contribution in [3.8, 4) is 0 Å². The van der Waals surface area contributed by atoms with Crippen LogP contribution in [0.15, 0.2) is 0 Å². The molecule has 2 aliphatic rings. The molecule has 1 aromatic rings. The average molecular weight is 355 g/mol. The normalized spacial score (nSPS) is 21.2. The number of hydrogen-bond acceptors (Lipinski definition) is 6. The molecule has 3 heterocycles. The molecule has 2 aliphatic heterocycles. The molecule has 0 spiro atoms. The minimum atomic E-state index is -3.39. The fourth-order valence-electron chi connectivity index (χ4n) is 2.96. The third-order valence-corrected chi connectivity index (χ3v) is 6.80. The molecule has 8 nitrogen and oxygen atoms in total. The van der Waals surface area contributed by atoms with Gasteiger partial charge in [-0.2, -0.15) is 17.0 Å². The maximum absolute atomic E-state index is 12.7. The monoisotopic (exact) mass is 355 g/mol. The Morgan fingerprint density at radius 3 is 1.88 bits per heavy atom. The number of anilines is 1. The molecule has 0 aromatic carbocycles. The summed E-state index contributed by atoms with van der Waals surface area (Å²) in [4.78, 5) is 11.2. The number of aryl methyl sites for hydroxylation is 2. The van der Waals surface area contributed by atoms with E-state index in [1.54, 1.807) is 4.31 Å². The predicted molar refractivity (Wildman–Crippen MR) is 91.3 cm³/mol. The van der Waals surface area contributed by atoms with Gasteiger partial charge >= 0.3 is 0 Å². The van der Waals surface area contributed by atoms with Crippen molar-refractivity contribution in [2.45, 2.75) is 20.8 Å². The van der Waals surface area contributed by atoms with Crippen molar-refractivity contribution in [1.82, 2.24) is 18.6 Å². The van der Waals surface area contributed by atoms with Crippen LogP contribution in [0.3, 0.4) is 0 Å². The van der Waals surface area contributed by atoms with Gasteiger partial charge in [-0.05, 0) is 26.3 Å². The van der Waals surface area contributed by atoms with Gasteiger partial charge in [0, 0.05) is 50.7 Å². The Hall–Kier alpha value is -1.29. The van der Waals surface area contributed by atoms with Crippen LogP contribution in [0.5, 0.6) is 0 Å². The van der Waals surface area contributed by atoms with Crippen LogP contribution in [0.1, 0.15) is 17.0 Å². The standard InChI is InChI=1S/C15H25N5O3S/c1-12-13(2)16-15(17-14(12)3)18-4-6-19(7-5-18)24(21,22)20-8-10-23-11-9-20/h4-11H2,1-3H3. The van der Waals surface area contributed by atoms with Gasteiger partial charge in [0.1, 0.15) is 0 Å². The Bertz CT molecular complexity index is 672. The van der Waals surface area contributed by atoms with Crippen LogP contribution in [0.25, 0.3) is 0 Å². The third kappa shape index (κ3) is 3.39. The highest BCUT2D eigenvalue weighted by Crippen LogP contribution is 2.19. The van der Waals surface area contributed by atoms with Crippen molar-refractivity contribution < 1.29 is 13.2 Å². The van der Waals surface area contributed by atoms with Crippen molar-refractivity contribution in [1.29, 1.82) is 0 Å². The molecule has 0 unspecified atom stereocenters. The zero-order valence-electron chi connectivity index (χ0n) is 14.5. The lowest BCUT2D eigenvalue weighted by atomic mass is 10.2. The van der Waals surface area contributed by atoms with E-state index < -0.39 is 10.2 Å². The van der Waals surface area contributed by atoms with E-state index in [2.05, 4.69) is 14.9 Å². The predicted octanol–water partition coefficient (Wildman–Crippen LogP) is 0.101. The summed E-state index contributed by atoms with van der Waals surface area (Å²) in [5.74, 6) is 0.694. The van der Waals surface area contributed by atoms with Crippen LogP contribution in [-0.2, 0) is 14.9 Å². The molecule has 0 bridgehead atoms. The smallest absolute Gasteiger partial charge is 0.282 e. The van der Waals surface area contributed by atoms with E-state index in [0.717, 1.165) is 17.0 Å². The lowest BCUT2D eigenvalue weighted by molar-refractivity contribution is 0.0700. The molecule has 9 heteroatoms. The summed E-state index contributed by atoms with van der Waals surface area (Å²) in [5, 5.41) is 0. The van der Waals surface area contributed by atoms with E-state index in [1.807, 2.05) is 20.8 Å². The van der Waals surface area contributed by atoms with Gasteiger partial charge in [-0.25, -0.2) is 9.97 Å². The highest BCUT2D eigenvalue weighted by atomic mass is 32.2. The lowest BCUT2D eigenvalue weighted by Gasteiger charge is -2.37. The summed E-state index contributed by atoms with van der Waals surface area (Å²) in [6, 6.07) is 0. The maximum atomic E-state index is 12.7. The Morgan fingerprint density at radius 2 is 1.33 bits per heavy atom. The molecular formula is C15H25N5O3S. The van der Waals surface area contributed by atoms with Crippen molar-refractivity contribution >= 4 is 16.2 Å². The van der Waals surface area contributed by atoms with E-state index in [0.29, 0.717) is 58.4 Å². The van der Waals surface area contributed by atoms with Crippen LogP contribution in [0.4, 0.5) is 5.95 Å². The molecule has 0 atom stereocenters. The number of nitrogens with zero attached hydrogens (tertiary/aromatic N) is 5. The van der Waals surface area contributed by atoms with Gasteiger partial charge in [-0.15, -0.1) is 0 Å². The second-order valence-electron chi connectivity index (χ2n) is 6.22. The Labute approximate surface area is 143 Å². The van der Waals surface area contributed by atoms with Crippen LogP contribution in [-0.4, -0.2) is 79.5 Å². The van der Waals surface area contributed by atoms with Crippen LogP contribution in [0, 0.1) is 20.8 Å². The summed E-state index contributed by atoms with van der Waals surface area (Å²) in [7, 11) is -3.39. The molecule has 134 valence electrons. The lowest BCUT2D eigenvalue weighted by Crippen LogP contribution is -2.55. The molecule has 2 saturated heterocycles. The molecule has 0 saturated carbocycles. The quantitative estimate of drug-likeness (QED) is 0.765. The van der Waals surface area contributed by atoms with Gasteiger partial charge in [-0.1, -0.05) is 0 Å². The first-order valence-corrected chi connectivity index (χ1v) is 9.69.